The summed E-state index contributed by atoms with van der Waals surface area (Å²) in [4.78, 5) is 29.8. The molecule has 3 heterocycles. The highest BCUT2D eigenvalue weighted by Gasteiger charge is 2.30. The van der Waals surface area contributed by atoms with Gasteiger partial charge >= 0.3 is 0 Å². The molecule has 8 heteroatoms. The van der Waals surface area contributed by atoms with E-state index in [2.05, 4.69) is 11.4 Å². The van der Waals surface area contributed by atoms with Crippen LogP contribution in [0, 0.1) is 5.92 Å². The first-order chi connectivity index (χ1) is 12.1. The van der Waals surface area contributed by atoms with E-state index >= 15 is 0 Å². The number of hydrogen-bond acceptors (Lipinski definition) is 5. The van der Waals surface area contributed by atoms with Gasteiger partial charge in [0.15, 0.2) is 0 Å². The van der Waals surface area contributed by atoms with Crippen LogP contribution in [0.4, 0.5) is 0 Å². The average Bonchev–Trinajstić information content (AvgIpc) is 3.31. The maximum atomic E-state index is 12.7. The van der Waals surface area contributed by atoms with E-state index in [-0.39, 0.29) is 30.3 Å². The Morgan fingerprint density at radius 2 is 1.85 bits per heavy atom. The summed E-state index contributed by atoms with van der Waals surface area (Å²) in [6, 6.07) is 4.23. The van der Waals surface area contributed by atoms with Crippen molar-refractivity contribution in [3.63, 3.8) is 0 Å². The standard InChI is InChI=1S/C18H23N3O2S2.ClH/c19-13-3-1-2-12(13)10-17(22)20-5-7-21(8-6-20)18(23)16-11-15-14(25-16)4-9-24-15;/h4,9,11-13H,1-3,5-8,10,19H2;1H/t12-,13+;/m0./s1. The zero-order valence-electron chi connectivity index (χ0n) is 14.6. The fourth-order valence-corrected chi connectivity index (χ4v) is 5.93. The molecule has 0 aromatic carbocycles. The first kappa shape index (κ1) is 19.6. The first-order valence-electron chi connectivity index (χ1n) is 8.91. The van der Waals surface area contributed by atoms with E-state index in [1.165, 1.54) is 9.40 Å². The molecule has 4 rings (SSSR count). The quantitative estimate of drug-likeness (QED) is 0.840. The predicted molar refractivity (Wildman–Crippen MR) is 109 cm³/mol. The fraction of sp³-hybridized carbons (Fsp3) is 0.556. The highest BCUT2D eigenvalue weighted by atomic mass is 35.5. The van der Waals surface area contributed by atoms with E-state index < -0.39 is 0 Å². The molecule has 0 spiro atoms. The molecule has 1 aliphatic carbocycles. The van der Waals surface area contributed by atoms with Crippen LogP contribution in [-0.4, -0.2) is 53.8 Å². The van der Waals surface area contributed by atoms with Crippen LogP contribution in [0.1, 0.15) is 35.4 Å². The van der Waals surface area contributed by atoms with Gasteiger partial charge in [0.2, 0.25) is 5.91 Å². The number of carbonyl (C=O) groups is 2. The van der Waals surface area contributed by atoms with Gasteiger partial charge in [0.1, 0.15) is 0 Å². The molecule has 0 bridgehead atoms. The number of carbonyl (C=O) groups excluding carboxylic acids is 2. The van der Waals surface area contributed by atoms with Crippen LogP contribution >= 0.6 is 35.1 Å². The van der Waals surface area contributed by atoms with Crippen molar-refractivity contribution in [2.75, 3.05) is 26.2 Å². The topological polar surface area (TPSA) is 66.6 Å². The molecule has 1 saturated heterocycles. The summed E-state index contributed by atoms with van der Waals surface area (Å²) >= 11 is 3.23. The minimum Gasteiger partial charge on any atom is -0.339 e. The Morgan fingerprint density at radius 3 is 2.50 bits per heavy atom. The van der Waals surface area contributed by atoms with Gasteiger partial charge in [0.25, 0.3) is 5.91 Å². The van der Waals surface area contributed by atoms with Gasteiger partial charge in [-0.3, -0.25) is 9.59 Å². The number of thiophene rings is 2. The molecule has 1 aliphatic heterocycles. The molecule has 26 heavy (non-hydrogen) atoms. The molecule has 0 unspecified atom stereocenters. The molecule has 2 N–H and O–H groups in total. The molecule has 2 aromatic heterocycles. The van der Waals surface area contributed by atoms with E-state index in [4.69, 9.17) is 5.73 Å². The van der Waals surface area contributed by atoms with Crippen molar-refractivity contribution >= 4 is 56.3 Å². The third-order valence-corrected chi connectivity index (χ3v) is 7.51. The van der Waals surface area contributed by atoms with Gasteiger partial charge in [-0.2, -0.15) is 0 Å². The van der Waals surface area contributed by atoms with E-state index in [1.54, 1.807) is 22.7 Å². The van der Waals surface area contributed by atoms with Crippen molar-refractivity contribution in [1.82, 2.24) is 9.80 Å². The van der Waals surface area contributed by atoms with Crippen molar-refractivity contribution in [2.45, 2.75) is 31.7 Å². The normalized spacial score (nSPS) is 23.3. The summed E-state index contributed by atoms with van der Waals surface area (Å²) in [7, 11) is 0. The molecule has 142 valence electrons. The van der Waals surface area contributed by atoms with Crippen molar-refractivity contribution < 1.29 is 9.59 Å². The zero-order chi connectivity index (χ0) is 17.4. The number of nitrogens with zero attached hydrogens (tertiary/aromatic N) is 2. The minimum atomic E-state index is 0. The zero-order valence-corrected chi connectivity index (χ0v) is 17.0. The first-order valence-corrected chi connectivity index (χ1v) is 10.6. The molecule has 5 nitrogen and oxygen atoms in total. The van der Waals surface area contributed by atoms with Crippen LogP contribution in [0.2, 0.25) is 0 Å². The molecule has 2 fully saturated rings. The van der Waals surface area contributed by atoms with E-state index in [0.29, 0.717) is 38.5 Å². The lowest BCUT2D eigenvalue weighted by atomic mass is 9.99. The van der Waals surface area contributed by atoms with E-state index in [9.17, 15) is 9.59 Å². The molecule has 2 aliphatic rings. The Morgan fingerprint density at radius 1 is 1.12 bits per heavy atom. The van der Waals surface area contributed by atoms with Crippen LogP contribution in [0.25, 0.3) is 9.40 Å². The SMILES string of the molecule is Cl.N[C@@H]1CCC[C@H]1CC(=O)N1CCN(C(=O)c2cc3sccc3s2)CC1. The van der Waals surface area contributed by atoms with Crippen molar-refractivity contribution in [3.05, 3.63) is 22.4 Å². The molecule has 2 amide bonds. The van der Waals surface area contributed by atoms with Gasteiger partial charge in [-0.15, -0.1) is 35.1 Å². The Bertz CT molecular complexity index is 754. The lowest BCUT2D eigenvalue weighted by Crippen LogP contribution is -2.51. The number of amides is 2. The van der Waals surface area contributed by atoms with E-state index in [1.807, 2.05) is 15.9 Å². The summed E-state index contributed by atoms with van der Waals surface area (Å²) in [6.45, 7) is 2.50. The highest BCUT2D eigenvalue weighted by Crippen LogP contribution is 2.31. The number of halogens is 1. The number of nitrogens with two attached hydrogens (primary N) is 1. The van der Waals surface area contributed by atoms with Crippen LogP contribution in [0.15, 0.2) is 17.5 Å². The minimum absolute atomic E-state index is 0. The molecule has 1 saturated carbocycles. The number of fused-ring (bicyclic) bond motifs is 1. The molecular weight excluding hydrogens is 390 g/mol. The summed E-state index contributed by atoms with van der Waals surface area (Å²) in [6.07, 6.45) is 3.81. The molecule has 2 aromatic rings. The summed E-state index contributed by atoms with van der Waals surface area (Å²) < 4.78 is 2.35. The van der Waals surface area contributed by atoms with Crippen molar-refractivity contribution in [2.24, 2.45) is 11.7 Å². The smallest absolute Gasteiger partial charge is 0.264 e. The maximum absolute atomic E-state index is 12.7. The Kier molecular flexibility index (Phi) is 6.22. The average molecular weight is 414 g/mol. The fourth-order valence-electron chi connectivity index (χ4n) is 3.86. The third kappa shape index (κ3) is 3.91. The molecule has 0 radical (unpaired) electrons. The van der Waals surface area contributed by atoms with Crippen LogP contribution in [-0.2, 0) is 4.79 Å². The number of piperazine rings is 1. The van der Waals surface area contributed by atoms with Crippen molar-refractivity contribution in [3.8, 4) is 0 Å². The predicted octanol–water partition coefficient (Wildman–Crippen LogP) is 3.19. The van der Waals surface area contributed by atoms with Gasteiger partial charge in [0, 0.05) is 48.0 Å². The number of rotatable bonds is 3. The summed E-state index contributed by atoms with van der Waals surface area (Å²) in [5, 5.41) is 2.05. The third-order valence-electron chi connectivity index (χ3n) is 5.42. The highest BCUT2D eigenvalue weighted by molar-refractivity contribution is 7.27. The van der Waals surface area contributed by atoms with Gasteiger partial charge in [-0.05, 0) is 36.3 Å². The summed E-state index contributed by atoms with van der Waals surface area (Å²) in [5.41, 5.74) is 6.08. The second-order valence-electron chi connectivity index (χ2n) is 6.99. The summed E-state index contributed by atoms with van der Waals surface area (Å²) in [5.74, 6) is 0.635. The van der Waals surface area contributed by atoms with Gasteiger partial charge in [0.05, 0.1) is 4.88 Å². The maximum Gasteiger partial charge on any atom is 0.264 e. The number of hydrogen-bond donors (Lipinski definition) is 1. The Labute approximate surface area is 167 Å². The van der Waals surface area contributed by atoms with E-state index in [0.717, 1.165) is 24.1 Å². The van der Waals surface area contributed by atoms with Crippen LogP contribution < -0.4 is 5.73 Å². The van der Waals surface area contributed by atoms with Gasteiger partial charge in [-0.25, -0.2) is 0 Å². The van der Waals surface area contributed by atoms with Crippen LogP contribution in [0.5, 0.6) is 0 Å². The lowest BCUT2D eigenvalue weighted by Gasteiger charge is -2.35. The van der Waals surface area contributed by atoms with Crippen LogP contribution in [0.3, 0.4) is 0 Å². The van der Waals surface area contributed by atoms with Gasteiger partial charge in [-0.1, -0.05) is 6.42 Å². The monoisotopic (exact) mass is 413 g/mol. The Hall–Kier alpha value is -1.15. The Balaban J connectivity index is 0.00000196. The largest absolute Gasteiger partial charge is 0.339 e. The second kappa shape index (κ2) is 8.25. The lowest BCUT2D eigenvalue weighted by molar-refractivity contribution is -0.133. The van der Waals surface area contributed by atoms with Crippen molar-refractivity contribution in [1.29, 1.82) is 0 Å². The second-order valence-corrected chi connectivity index (χ2v) is 9.02. The molecule has 2 atom stereocenters. The molecular formula is C18H24ClN3O2S2. The van der Waals surface area contributed by atoms with Gasteiger partial charge < -0.3 is 15.5 Å².